The summed E-state index contributed by atoms with van der Waals surface area (Å²) in [6.07, 6.45) is 5.53. The third-order valence-corrected chi connectivity index (χ3v) is 6.95. The first-order valence-corrected chi connectivity index (χ1v) is 9.96. The van der Waals surface area contributed by atoms with Crippen molar-refractivity contribution in [3.63, 3.8) is 0 Å². The van der Waals surface area contributed by atoms with Crippen LogP contribution < -0.4 is 5.32 Å². The van der Waals surface area contributed by atoms with Gasteiger partial charge in [0.05, 0.1) is 30.8 Å². The number of nitrogens with one attached hydrogen (secondary N) is 1. The number of esters is 2. The SMILES string of the molecule is COC(=O)c1cc(NC(=O)C23C[C@@H]4C[C@@H](CC(Cl)(C4)C2)C3)cc(C(=O)OC)c1. The van der Waals surface area contributed by atoms with Crippen LogP contribution in [0.25, 0.3) is 0 Å². The lowest BCUT2D eigenvalue weighted by Crippen LogP contribution is -2.57. The maximum absolute atomic E-state index is 13.3. The van der Waals surface area contributed by atoms with Crippen LogP contribution >= 0.6 is 11.6 Å². The molecule has 0 saturated heterocycles. The predicted octanol–water partition coefficient (Wildman–Crippen LogP) is 3.78. The number of anilines is 1. The minimum Gasteiger partial charge on any atom is -0.465 e. The largest absolute Gasteiger partial charge is 0.465 e. The lowest BCUT2D eigenvalue weighted by atomic mass is 9.49. The summed E-state index contributed by atoms with van der Waals surface area (Å²) in [6.45, 7) is 0. The fraction of sp³-hybridized carbons (Fsp3) is 0.571. The number of carbonyl (C=O) groups is 3. The number of benzene rings is 1. The third kappa shape index (κ3) is 3.28. The van der Waals surface area contributed by atoms with E-state index in [2.05, 4.69) is 5.32 Å². The Bertz CT molecular complexity index is 803. The van der Waals surface area contributed by atoms with E-state index in [1.54, 1.807) is 0 Å². The zero-order chi connectivity index (χ0) is 20.1. The molecule has 2 unspecified atom stereocenters. The number of halogens is 1. The van der Waals surface area contributed by atoms with Gasteiger partial charge in [-0.05, 0) is 68.6 Å². The van der Waals surface area contributed by atoms with Gasteiger partial charge in [-0.1, -0.05) is 0 Å². The molecule has 1 amide bonds. The molecule has 0 spiro atoms. The molecule has 4 saturated carbocycles. The van der Waals surface area contributed by atoms with Crippen molar-refractivity contribution in [1.29, 1.82) is 0 Å². The number of hydrogen-bond acceptors (Lipinski definition) is 5. The number of hydrogen-bond donors (Lipinski definition) is 1. The van der Waals surface area contributed by atoms with E-state index in [1.807, 2.05) is 0 Å². The summed E-state index contributed by atoms with van der Waals surface area (Å²) in [5, 5.41) is 2.94. The van der Waals surface area contributed by atoms with Gasteiger partial charge in [0.15, 0.2) is 0 Å². The lowest BCUT2D eigenvalue weighted by Gasteiger charge is -2.59. The van der Waals surface area contributed by atoms with Crippen LogP contribution in [0.4, 0.5) is 5.69 Å². The summed E-state index contributed by atoms with van der Waals surface area (Å²) in [5.41, 5.74) is 0.270. The molecule has 0 aromatic heterocycles. The van der Waals surface area contributed by atoms with Crippen LogP contribution in [-0.2, 0) is 14.3 Å². The van der Waals surface area contributed by atoms with E-state index >= 15 is 0 Å². The number of alkyl halides is 1. The van der Waals surface area contributed by atoms with Gasteiger partial charge in [0, 0.05) is 10.6 Å². The molecule has 1 N–H and O–H groups in total. The molecule has 4 aliphatic carbocycles. The average molecular weight is 406 g/mol. The molecule has 5 rings (SSSR count). The summed E-state index contributed by atoms with van der Waals surface area (Å²) >= 11 is 6.84. The molecule has 150 valence electrons. The summed E-state index contributed by atoms with van der Waals surface area (Å²) in [5.74, 6) is -0.260. The smallest absolute Gasteiger partial charge is 0.337 e. The summed E-state index contributed by atoms with van der Waals surface area (Å²) < 4.78 is 9.51. The summed E-state index contributed by atoms with van der Waals surface area (Å²) in [4.78, 5) is 37.0. The minimum absolute atomic E-state index is 0.0792. The quantitative estimate of drug-likeness (QED) is 0.609. The van der Waals surface area contributed by atoms with Gasteiger partial charge < -0.3 is 14.8 Å². The highest BCUT2D eigenvalue weighted by atomic mass is 35.5. The number of methoxy groups -OCH3 is 2. The number of carbonyl (C=O) groups excluding carboxylic acids is 3. The van der Waals surface area contributed by atoms with Crippen LogP contribution in [0, 0.1) is 17.3 Å². The van der Waals surface area contributed by atoms with E-state index in [1.165, 1.54) is 32.4 Å². The molecule has 0 radical (unpaired) electrons. The number of rotatable bonds is 4. The minimum atomic E-state index is -0.587. The summed E-state index contributed by atoms with van der Waals surface area (Å²) in [6, 6.07) is 4.44. The van der Waals surface area contributed by atoms with Crippen molar-refractivity contribution in [2.24, 2.45) is 17.3 Å². The van der Waals surface area contributed by atoms with Gasteiger partial charge in [-0.2, -0.15) is 0 Å². The Hall–Kier alpha value is -2.08. The Labute approximate surface area is 168 Å². The predicted molar refractivity (Wildman–Crippen MR) is 103 cm³/mol. The second kappa shape index (κ2) is 6.76. The highest BCUT2D eigenvalue weighted by Crippen LogP contribution is 2.64. The van der Waals surface area contributed by atoms with Crippen molar-refractivity contribution in [3.05, 3.63) is 29.3 Å². The first-order valence-electron chi connectivity index (χ1n) is 9.58. The average Bonchev–Trinajstić information content (AvgIpc) is 2.64. The van der Waals surface area contributed by atoms with Gasteiger partial charge in [-0.15, -0.1) is 11.6 Å². The molecule has 4 bridgehead atoms. The Morgan fingerprint density at radius 3 is 1.96 bits per heavy atom. The molecule has 1 aromatic rings. The molecule has 6 nitrogen and oxygen atoms in total. The van der Waals surface area contributed by atoms with Crippen LogP contribution in [0.2, 0.25) is 0 Å². The van der Waals surface area contributed by atoms with Crippen molar-refractivity contribution < 1.29 is 23.9 Å². The molecule has 4 fully saturated rings. The Morgan fingerprint density at radius 2 is 1.50 bits per heavy atom. The Kier molecular flexibility index (Phi) is 4.65. The Morgan fingerprint density at radius 1 is 0.964 bits per heavy atom. The maximum atomic E-state index is 13.3. The topological polar surface area (TPSA) is 81.7 Å². The van der Waals surface area contributed by atoms with Crippen molar-refractivity contribution in [1.82, 2.24) is 0 Å². The van der Waals surface area contributed by atoms with Crippen LogP contribution in [-0.4, -0.2) is 36.9 Å². The van der Waals surface area contributed by atoms with Crippen molar-refractivity contribution >= 4 is 35.1 Å². The molecule has 0 heterocycles. The number of ether oxygens (including phenoxy) is 2. The van der Waals surface area contributed by atoms with E-state index in [4.69, 9.17) is 21.1 Å². The van der Waals surface area contributed by atoms with Crippen LogP contribution in [0.5, 0.6) is 0 Å². The third-order valence-electron chi connectivity index (χ3n) is 6.50. The fourth-order valence-electron chi connectivity index (χ4n) is 5.85. The molecular formula is C21H24ClNO5. The van der Waals surface area contributed by atoms with Gasteiger partial charge in [0.25, 0.3) is 0 Å². The number of amides is 1. The maximum Gasteiger partial charge on any atom is 0.337 e. The first-order chi connectivity index (χ1) is 13.3. The molecule has 4 atom stereocenters. The monoisotopic (exact) mass is 405 g/mol. The molecule has 4 aliphatic rings. The highest BCUT2D eigenvalue weighted by molar-refractivity contribution is 6.24. The van der Waals surface area contributed by atoms with Gasteiger partial charge in [0.2, 0.25) is 5.91 Å². The van der Waals surface area contributed by atoms with Crippen molar-refractivity contribution in [3.8, 4) is 0 Å². The standard InChI is InChI=1S/C21H24ClNO5/c1-27-17(24)14-4-15(18(25)28-2)6-16(5-14)23-19(26)20-7-12-3-13(8-20)10-21(22,9-12)11-20/h4-6,12-13H,3,7-11H2,1-2H3,(H,23,26)/t12-,13+,20?,21?. The van der Waals surface area contributed by atoms with E-state index in [0.717, 1.165) is 32.1 Å². The summed E-state index contributed by atoms with van der Waals surface area (Å²) in [7, 11) is 2.53. The molecule has 1 aromatic carbocycles. The van der Waals surface area contributed by atoms with Crippen LogP contribution in [0.1, 0.15) is 59.2 Å². The van der Waals surface area contributed by atoms with Crippen LogP contribution in [0.15, 0.2) is 18.2 Å². The van der Waals surface area contributed by atoms with E-state index in [9.17, 15) is 14.4 Å². The first kappa shape index (κ1) is 19.2. The van der Waals surface area contributed by atoms with Gasteiger partial charge in [-0.3, -0.25) is 4.79 Å². The molecule has 28 heavy (non-hydrogen) atoms. The highest BCUT2D eigenvalue weighted by Gasteiger charge is 2.60. The molecule has 7 heteroatoms. The van der Waals surface area contributed by atoms with Crippen molar-refractivity contribution in [2.75, 3.05) is 19.5 Å². The Balaban J connectivity index is 1.62. The van der Waals surface area contributed by atoms with Gasteiger partial charge in [-0.25, -0.2) is 9.59 Å². The van der Waals surface area contributed by atoms with Crippen molar-refractivity contribution in [2.45, 2.75) is 43.4 Å². The van der Waals surface area contributed by atoms with E-state index < -0.39 is 17.4 Å². The molecule has 0 aliphatic heterocycles. The van der Waals surface area contributed by atoms with E-state index in [0.29, 0.717) is 23.9 Å². The molecular weight excluding hydrogens is 382 g/mol. The zero-order valence-corrected chi connectivity index (χ0v) is 16.8. The van der Waals surface area contributed by atoms with Gasteiger partial charge >= 0.3 is 11.9 Å². The fourth-order valence-corrected chi connectivity index (χ4v) is 6.54. The zero-order valence-electron chi connectivity index (χ0n) is 16.0. The second-order valence-electron chi connectivity index (χ2n) is 8.63. The normalized spacial score (nSPS) is 32.7. The van der Waals surface area contributed by atoms with Crippen LogP contribution in [0.3, 0.4) is 0 Å². The second-order valence-corrected chi connectivity index (χ2v) is 9.43. The van der Waals surface area contributed by atoms with Gasteiger partial charge in [0.1, 0.15) is 0 Å². The van der Waals surface area contributed by atoms with E-state index in [-0.39, 0.29) is 21.9 Å². The lowest BCUT2D eigenvalue weighted by molar-refractivity contribution is -0.138.